The van der Waals surface area contributed by atoms with E-state index in [9.17, 15) is 0 Å². The van der Waals surface area contributed by atoms with Crippen molar-refractivity contribution in [3.8, 4) is 0 Å². The normalized spacial score (nSPS) is 26.1. The van der Waals surface area contributed by atoms with Crippen LogP contribution in [0.2, 0.25) is 0 Å². The van der Waals surface area contributed by atoms with E-state index in [4.69, 9.17) is 0 Å². The summed E-state index contributed by atoms with van der Waals surface area (Å²) in [6, 6.07) is 9.37. The Morgan fingerprint density at radius 1 is 1.40 bits per heavy atom. The van der Waals surface area contributed by atoms with Crippen LogP contribution < -0.4 is 5.32 Å². The number of nitrogens with one attached hydrogen (secondary N) is 1. The molecule has 1 aliphatic heterocycles. The van der Waals surface area contributed by atoms with Crippen molar-refractivity contribution in [3.05, 3.63) is 34.3 Å². The van der Waals surface area contributed by atoms with Crippen LogP contribution in [0.4, 0.5) is 0 Å². The summed E-state index contributed by atoms with van der Waals surface area (Å²) in [5, 5.41) is 3.61. The van der Waals surface area contributed by atoms with E-state index in [1.54, 1.807) is 0 Å². The van der Waals surface area contributed by atoms with Gasteiger partial charge in [-0.3, -0.25) is 0 Å². The summed E-state index contributed by atoms with van der Waals surface area (Å²) in [5.74, 6) is 1.39. The highest BCUT2D eigenvalue weighted by Crippen LogP contribution is 2.32. The molecule has 1 saturated heterocycles. The Labute approximate surface area is 100 Å². The first kappa shape index (κ1) is 11.2. The zero-order valence-electron chi connectivity index (χ0n) is 9.33. The van der Waals surface area contributed by atoms with Gasteiger partial charge in [0.05, 0.1) is 0 Å². The summed E-state index contributed by atoms with van der Waals surface area (Å²) in [5.41, 5.74) is 1.47. The highest BCUT2D eigenvalue weighted by Gasteiger charge is 2.30. The number of hydrogen-bond acceptors (Lipinski definition) is 1. The second-order valence-electron chi connectivity index (χ2n) is 4.67. The average molecular weight is 268 g/mol. The Balaban J connectivity index is 2.22. The van der Waals surface area contributed by atoms with E-state index in [0.717, 1.165) is 6.54 Å². The zero-order valence-corrected chi connectivity index (χ0v) is 10.9. The highest BCUT2D eigenvalue weighted by atomic mass is 79.9. The van der Waals surface area contributed by atoms with Crippen molar-refractivity contribution < 1.29 is 0 Å². The smallest absolute Gasteiger partial charge is 0.0178 e. The molecule has 1 aromatic rings. The molecular formula is C13H18BrN. The summed E-state index contributed by atoms with van der Waals surface area (Å²) in [6.07, 6.45) is 1.26. The standard InChI is InChI=1S/C13H18BrN/c1-9(2)13-12(6-7-15-13)10-4-3-5-11(14)8-10/h3-5,8-9,12-13,15H,6-7H2,1-2H3. The van der Waals surface area contributed by atoms with Gasteiger partial charge in [-0.2, -0.15) is 0 Å². The summed E-state index contributed by atoms with van der Waals surface area (Å²) in [7, 11) is 0. The number of rotatable bonds is 2. The molecule has 1 aromatic carbocycles. The zero-order chi connectivity index (χ0) is 10.8. The van der Waals surface area contributed by atoms with Crippen molar-refractivity contribution in [1.82, 2.24) is 5.32 Å². The Morgan fingerprint density at radius 2 is 2.20 bits per heavy atom. The van der Waals surface area contributed by atoms with Crippen LogP contribution in [-0.2, 0) is 0 Å². The summed E-state index contributed by atoms with van der Waals surface area (Å²) >= 11 is 3.55. The van der Waals surface area contributed by atoms with Gasteiger partial charge in [0.1, 0.15) is 0 Å². The lowest BCUT2D eigenvalue weighted by Gasteiger charge is -2.23. The van der Waals surface area contributed by atoms with Crippen LogP contribution in [0.3, 0.4) is 0 Å². The van der Waals surface area contributed by atoms with E-state index in [1.165, 1.54) is 16.5 Å². The minimum absolute atomic E-state index is 0.638. The maximum atomic E-state index is 3.61. The molecule has 0 spiro atoms. The number of benzene rings is 1. The summed E-state index contributed by atoms with van der Waals surface area (Å²) in [6.45, 7) is 5.75. The van der Waals surface area contributed by atoms with Crippen molar-refractivity contribution in [2.75, 3.05) is 6.54 Å². The van der Waals surface area contributed by atoms with Crippen LogP contribution in [0.15, 0.2) is 28.7 Å². The molecule has 1 fully saturated rings. The molecule has 2 rings (SSSR count). The molecular weight excluding hydrogens is 250 g/mol. The minimum atomic E-state index is 0.638. The predicted octanol–water partition coefficient (Wildman–Crippen LogP) is 3.55. The minimum Gasteiger partial charge on any atom is -0.313 e. The lowest BCUT2D eigenvalue weighted by Crippen LogP contribution is -2.31. The molecule has 1 nitrogen and oxygen atoms in total. The quantitative estimate of drug-likeness (QED) is 0.865. The fraction of sp³-hybridized carbons (Fsp3) is 0.538. The fourth-order valence-corrected chi connectivity index (χ4v) is 2.96. The molecule has 0 bridgehead atoms. The van der Waals surface area contributed by atoms with Crippen molar-refractivity contribution in [2.24, 2.45) is 5.92 Å². The lowest BCUT2D eigenvalue weighted by atomic mass is 9.86. The van der Waals surface area contributed by atoms with E-state index in [-0.39, 0.29) is 0 Å². The van der Waals surface area contributed by atoms with Gasteiger partial charge in [0, 0.05) is 16.4 Å². The van der Waals surface area contributed by atoms with E-state index in [1.807, 2.05) is 0 Å². The second-order valence-corrected chi connectivity index (χ2v) is 5.59. The molecule has 2 heteroatoms. The first-order chi connectivity index (χ1) is 7.18. The van der Waals surface area contributed by atoms with Gasteiger partial charge in [0.15, 0.2) is 0 Å². The van der Waals surface area contributed by atoms with Gasteiger partial charge in [-0.1, -0.05) is 41.9 Å². The van der Waals surface area contributed by atoms with Crippen LogP contribution in [0.5, 0.6) is 0 Å². The third-order valence-corrected chi connectivity index (χ3v) is 3.76. The molecule has 15 heavy (non-hydrogen) atoms. The molecule has 1 heterocycles. The molecule has 0 amide bonds. The van der Waals surface area contributed by atoms with E-state index in [0.29, 0.717) is 17.9 Å². The summed E-state index contributed by atoms with van der Waals surface area (Å²) < 4.78 is 1.19. The largest absolute Gasteiger partial charge is 0.313 e. The maximum Gasteiger partial charge on any atom is 0.0178 e. The van der Waals surface area contributed by atoms with Crippen LogP contribution in [0.1, 0.15) is 31.7 Å². The second kappa shape index (κ2) is 4.67. The van der Waals surface area contributed by atoms with Gasteiger partial charge < -0.3 is 5.32 Å². The fourth-order valence-electron chi connectivity index (χ4n) is 2.54. The van der Waals surface area contributed by atoms with Crippen molar-refractivity contribution in [2.45, 2.75) is 32.2 Å². The van der Waals surface area contributed by atoms with E-state index < -0.39 is 0 Å². The van der Waals surface area contributed by atoms with E-state index >= 15 is 0 Å². The van der Waals surface area contributed by atoms with Gasteiger partial charge in [-0.05, 0) is 36.6 Å². The number of hydrogen-bond donors (Lipinski definition) is 1. The first-order valence-corrected chi connectivity index (χ1v) is 6.46. The van der Waals surface area contributed by atoms with Crippen molar-refractivity contribution >= 4 is 15.9 Å². The maximum absolute atomic E-state index is 3.61. The molecule has 2 unspecified atom stereocenters. The Bertz CT molecular complexity index is 335. The first-order valence-electron chi connectivity index (χ1n) is 5.67. The molecule has 82 valence electrons. The van der Waals surface area contributed by atoms with Gasteiger partial charge in [0.2, 0.25) is 0 Å². The van der Waals surface area contributed by atoms with Crippen molar-refractivity contribution in [3.63, 3.8) is 0 Å². The van der Waals surface area contributed by atoms with Gasteiger partial charge in [-0.25, -0.2) is 0 Å². The molecule has 0 saturated carbocycles. The predicted molar refractivity (Wildman–Crippen MR) is 68.1 cm³/mol. The molecule has 0 aromatic heterocycles. The Morgan fingerprint density at radius 3 is 2.87 bits per heavy atom. The average Bonchev–Trinajstić information content (AvgIpc) is 2.65. The van der Waals surface area contributed by atoms with Crippen LogP contribution in [0, 0.1) is 5.92 Å². The monoisotopic (exact) mass is 267 g/mol. The van der Waals surface area contributed by atoms with Crippen LogP contribution in [-0.4, -0.2) is 12.6 Å². The van der Waals surface area contributed by atoms with Gasteiger partial charge in [0.25, 0.3) is 0 Å². The third-order valence-electron chi connectivity index (χ3n) is 3.26. The van der Waals surface area contributed by atoms with Crippen molar-refractivity contribution in [1.29, 1.82) is 0 Å². The highest BCUT2D eigenvalue weighted by molar-refractivity contribution is 9.10. The van der Waals surface area contributed by atoms with Crippen LogP contribution in [0.25, 0.3) is 0 Å². The lowest BCUT2D eigenvalue weighted by molar-refractivity contribution is 0.416. The topological polar surface area (TPSA) is 12.0 Å². The Kier molecular flexibility index (Phi) is 3.47. The molecule has 0 radical (unpaired) electrons. The van der Waals surface area contributed by atoms with E-state index in [2.05, 4.69) is 59.4 Å². The Hall–Kier alpha value is -0.340. The van der Waals surface area contributed by atoms with Gasteiger partial charge in [-0.15, -0.1) is 0 Å². The summed E-state index contributed by atoms with van der Waals surface area (Å²) in [4.78, 5) is 0. The van der Waals surface area contributed by atoms with Gasteiger partial charge >= 0.3 is 0 Å². The molecule has 2 atom stereocenters. The third kappa shape index (κ3) is 2.43. The van der Waals surface area contributed by atoms with Crippen LogP contribution >= 0.6 is 15.9 Å². The SMILES string of the molecule is CC(C)C1NCCC1c1cccc(Br)c1. The molecule has 0 aliphatic carbocycles. The number of halogens is 1. The molecule has 1 aliphatic rings. The molecule has 1 N–H and O–H groups in total.